The topological polar surface area (TPSA) is 86.7 Å². The van der Waals surface area contributed by atoms with E-state index in [-0.39, 0.29) is 23.8 Å². The highest BCUT2D eigenvalue weighted by Crippen LogP contribution is 2.29. The summed E-state index contributed by atoms with van der Waals surface area (Å²) in [7, 11) is 0. The molecule has 118 valence electrons. The summed E-state index contributed by atoms with van der Waals surface area (Å²) < 4.78 is 22.2. The second kappa shape index (κ2) is 6.28. The third-order valence-electron chi connectivity index (χ3n) is 4.43. The summed E-state index contributed by atoms with van der Waals surface area (Å²) in [6.45, 7) is 0.432. The predicted molar refractivity (Wildman–Crippen MR) is 81.5 cm³/mol. The van der Waals surface area contributed by atoms with Gasteiger partial charge in [-0.1, -0.05) is 12.1 Å². The lowest BCUT2D eigenvalue weighted by atomic mass is 9.86. The molecule has 22 heavy (non-hydrogen) atoms. The van der Waals surface area contributed by atoms with Crippen molar-refractivity contribution in [3.05, 3.63) is 35.4 Å². The smallest absolute Gasteiger partial charge is 0.261 e. The molecule has 1 unspecified atom stereocenters. The first-order valence-corrected chi connectivity index (χ1v) is 8.49. The number of carbonyl (C=O) groups excluding carboxylic acids is 2. The summed E-state index contributed by atoms with van der Waals surface area (Å²) in [4.78, 5) is 26.0. The Labute approximate surface area is 131 Å². The van der Waals surface area contributed by atoms with Crippen LogP contribution in [-0.4, -0.2) is 38.1 Å². The fraction of sp³-hybridized carbons (Fsp3) is 0.467. The molecule has 2 aliphatic rings. The van der Waals surface area contributed by atoms with E-state index in [0.717, 1.165) is 25.7 Å². The molecule has 2 amide bonds. The van der Waals surface area contributed by atoms with Crippen molar-refractivity contribution in [1.82, 2.24) is 9.62 Å². The van der Waals surface area contributed by atoms with Crippen LogP contribution in [-0.2, 0) is 11.3 Å². The van der Waals surface area contributed by atoms with Crippen molar-refractivity contribution in [2.45, 2.75) is 31.7 Å². The molecule has 0 spiro atoms. The van der Waals surface area contributed by atoms with E-state index in [1.54, 1.807) is 24.3 Å². The molecule has 1 atom stereocenters. The fourth-order valence-corrected chi connectivity index (χ4v) is 3.79. The maximum Gasteiger partial charge on any atom is 0.261 e. The number of nitrogens with zero attached hydrogens (tertiary/aromatic N) is 1. The standard InChI is InChI=1S/C15H18N2O4S/c18-14-12-3-1-2-4-13(12)15(19)17(14)9-10-5-7-11(8-6-10)16-22(20)21/h1-4,10-11,16H,5-9H2,(H,20,21). The molecule has 1 fully saturated rings. The van der Waals surface area contributed by atoms with Crippen molar-refractivity contribution in [2.24, 2.45) is 5.92 Å². The molecule has 1 saturated carbocycles. The van der Waals surface area contributed by atoms with Gasteiger partial charge >= 0.3 is 0 Å². The maximum absolute atomic E-state index is 12.3. The molecule has 0 aromatic heterocycles. The van der Waals surface area contributed by atoms with Crippen LogP contribution in [0.2, 0.25) is 0 Å². The van der Waals surface area contributed by atoms with E-state index in [1.807, 2.05) is 0 Å². The van der Waals surface area contributed by atoms with Crippen LogP contribution in [0.25, 0.3) is 0 Å². The number of imide groups is 1. The zero-order valence-electron chi connectivity index (χ0n) is 12.0. The number of benzene rings is 1. The van der Waals surface area contributed by atoms with Crippen LogP contribution < -0.4 is 4.72 Å². The summed E-state index contributed by atoms with van der Waals surface area (Å²) >= 11 is -1.99. The van der Waals surface area contributed by atoms with Crippen molar-refractivity contribution in [3.8, 4) is 0 Å². The highest BCUT2D eigenvalue weighted by Gasteiger charge is 2.37. The average molecular weight is 322 g/mol. The minimum atomic E-state index is -1.99. The molecular formula is C15H18N2O4S. The Morgan fingerprint density at radius 2 is 1.64 bits per heavy atom. The van der Waals surface area contributed by atoms with E-state index in [0.29, 0.717) is 17.7 Å². The van der Waals surface area contributed by atoms with Gasteiger partial charge in [0, 0.05) is 12.6 Å². The number of rotatable bonds is 4. The lowest BCUT2D eigenvalue weighted by Crippen LogP contribution is -2.39. The molecule has 0 radical (unpaired) electrons. The number of fused-ring (bicyclic) bond motifs is 1. The first-order valence-electron chi connectivity index (χ1n) is 7.38. The normalized spacial score (nSPS) is 26.1. The first kappa shape index (κ1) is 15.3. The molecule has 1 heterocycles. The van der Waals surface area contributed by atoms with E-state index in [1.165, 1.54) is 4.90 Å². The van der Waals surface area contributed by atoms with E-state index in [9.17, 15) is 13.8 Å². The number of carbonyl (C=O) groups is 2. The largest absolute Gasteiger partial charge is 0.294 e. The summed E-state index contributed by atoms with van der Waals surface area (Å²) in [5, 5.41) is 0. The van der Waals surface area contributed by atoms with Gasteiger partial charge in [-0.2, -0.15) is 0 Å². The molecule has 2 N–H and O–H groups in total. The van der Waals surface area contributed by atoms with Gasteiger partial charge in [-0.3, -0.25) is 19.0 Å². The zero-order chi connectivity index (χ0) is 15.7. The highest BCUT2D eigenvalue weighted by molar-refractivity contribution is 7.77. The van der Waals surface area contributed by atoms with Crippen LogP contribution in [0.4, 0.5) is 0 Å². The third kappa shape index (κ3) is 2.97. The van der Waals surface area contributed by atoms with Gasteiger partial charge < -0.3 is 0 Å². The van der Waals surface area contributed by atoms with Crippen molar-refractivity contribution in [3.63, 3.8) is 0 Å². The Morgan fingerprint density at radius 3 is 2.14 bits per heavy atom. The second-order valence-electron chi connectivity index (χ2n) is 5.85. The Kier molecular flexibility index (Phi) is 4.37. The number of nitrogens with one attached hydrogen (secondary N) is 1. The van der Waals surface area contributed by atoms with E-state index in [2.05, 4.69) is 4.72 Å². The van der Waals surface area contributed by atoms with Crippen LogP contribution in [0.3, 0.4) is 0 Å². The molecule has 3 rings (SSSR count). The zero-order valence-corrected chi connectivity index (χ0v) is 12.8. The molecule has 1 aromatic carbocycles. The lowest BCUT2D eigenvalue weighted by molar-refractivity contribution is 0.0614. The van der Waals surface area contributed by atoms with Crippen molar-refractivity contribution in [2.75, 3.05) is 6.54 Å². The van der Waals surface area contributed by atoms with E-state index >= 15 is 0 Å². The van der Waals surface area contributed by atoms with E-state index < -0.39 is 11.3 Å². The number of hydrogen-bond donors (Lipinski definition) is 2. The second-order valence-corrected chi connectivity index (χ2v) is 6.59. The van der Waals surface area contributed by atoms with Crippen LogP contribution in [0.1, 0.15) is 46.4 Å². The Bertz CT molecular complexity index is 591. The van der Waals surface area contributed by atoms with Gasteiger partial charge in [0.25, 0.3) is 11.8 Å². The minimum Gasteiger partial charge on any atom is -0.294 e. The van der Waals surface area contributed by atoms with Gasteiger partial charge in [0.05, 0.1) is 11.1 Å². The maximum atomic E-state index is 12.3. The minimum absolute atomic E-state index is 0.0317. The molecule has 7 heteroatoms. The molecule has 6 nitrogen and oxygen atoms in total. The van der Waals surface area contributed by atoms with Gasteiger partial charge in [0.2, 0.25) is 11.3 Å². The van der Waals surface area contributed by atoms with Crippen molar-refractivity contribution < 1.29 is 18.4 Å². The summed E-state index contributed by atoms with van der Waals surface area (Å²) in [6, 6.07) is 6.93. The third-order valence-corrected chi connectivity index (χ3v) is 4.97. The summed E-state index contributed by atoms with van der Waals surface area (Å²) in [6.07, 6.45) is 3.23. The molecule has 0 bridgehead atoms. The first-order chi connectivity index (χ1) is 10.6. The Balaban J connectivity index is 1.61. The molecule has 1 aliphatic carbocycles. The number of amides is 2. The van der Waals surface area contributed by atoms with Gasteiger partial charge in [0.15, 0.2) is 0 Å². The Morgan fingerprint density at radius 1 is 1.09 bits per heavy atom. The van der Waals surface area contributed by atoms with Crippen LogP contribution in [0.15, 0.2) is 24.3 Å². The van der Waals surface area contributed by atoms with Crippen LogP contribution in [0, 0.1) is 5.92 Å². The molecular weight excluding hydrogens is 304 g/mol. The van der Waals surface area contributed by atoms with Crippen LogP contribution >= 0.6 is 0 Å². The van der Waals surface area contributed by atoms with E-state index in [4.69, 9.17) is 4.55 Å². The molecule has 1 aliphatic heterocycles. The fourth-order valence-electron chi connectivity index (χ4n) is 3.27. The Hall–Kier alpha value is -1.57. The van der Waals surface area contributed by atoms with Gasteiger partial charge in [0.1, 0.15) is 0 Å². The molecule has 0 saturated heterocycles. The van der Waals surface area contributed by atoms with Gasteiger partial charge in [-0.25, -0.2) is 8.93 Å². The summed E-state index contributed by atoms with van der Waals surface area (Å²) in [5.41, 5.74) is 0.969. The monoisotopic (exact) mass is 322 g/mol. The SMILES string of the molecule is O=C1c2ccccc2C(=O)N1CC1CCC(NS(=O)O)CC1. The molecule has 1 aromatic rings. The highest BCUT2D eigenvalue weighted by atomic mass is 32.2. The number of hydrogen-bond acceptors (Lipinski definition) is 3. The lowest BCUT2D eigenvalue weighted by Gasteiger charge is -2.30. The predicted octanol–water partition coefficient (Wildman–Crippen LogP) is 1.57. The van der Waals surface area contributed by atoms with Crippen molar-refractivity contribution >= 4 is 23.1 Å². The van der Waals surface area contributed by atoms with Crippen molar-refractivity contribution in [1.29, 1.82) is 0 Å². The average Bonchev–Trinajstić information content (AvgIpc) is 2.74. The summed E-state index contributed by atoms with van der Waals surface area (Å²) in [5.74, 6) is -0.165. The van der Waals surface area contributed by atoms with Gasteiger partial charge in [-0.05, 0) is 43.7 Å². The quantitative estimate of drug-likeness (QED) is 0.651. The van der Waals surface area contributed by atoms with Gasteiger partial charge in [-0.15, -0.1) is 0 Å². The van der Waals surface area contributed by atoms with Crippen LogP contribution in [0.5, 0.6) is 0 Å².